The van der Waals surface area contributed by atoms with Crippen molar-refractivity contribution in [2.75, 3.05) is 11.4 Å². The predicted molar refractivity (Wildman–Crippen MR) is 144 cm³/mol. The maximum absolute atomic E-state index is 14.5. The number of carbonyl (C=O) groups is 2. The van der Waals surface area contributed by atoms with Crippen LogP contribution in [0.5, 0.6) is 0 Å². The first-order valence-electron chi connectivity index (χ1n) is 12.7. The highest BCUT2D eigenvalue weighted by Gasteiger charge is 2.73. The Morgan fingerprint density at radius 2 is 1.68 bits per heavy atom. The summed E-state index contributed by atoms with van der Waals surface area (Å²) in [4.78, 5) is 51.1. The summed E-state index contributed by atoms with van der Waals surface area (Å²) in [6.07, 6.45) is 1.66. The molecule has 0 saturated carbocycles. The van der Waals surface area contributed by atoms with Crippen LogP contribution in [0.15, 0.2) is 71.5 Å². The molecule has 0 radical (unpaired) electrons. The van der Waals surface area contributed by atoms with Gasteiger partial charge in [0, 0.05) is 16.6 Å². The van der Waals surface area contributed by atoms with Gasteiger partial charge in [-0.3, -0.25) is 23.9 Å². The number of fused-ring (bicyclic) bond motifs is 11. The highest BCUT2D eigenvalue weighted by atomic mass is 35.5. The van der Waals surface area contributed by atoms with Crippen molar-refractivity contribution in [3.05, 3.63) is 98.5 Å². The quantitative estimate of drug-likeness (QED) is 0.330. The lowest BCUT2D eigenvalue weighted by Gasteiger charge is -2.38. The van der Waals surface area contributed by atoms with Crippen LogP contribution in [0, 0.1) is 11.8 Å². The Kier molecular flexibility index (Phi) is 4.45. The zero-order valence-electron chi connectivity index (χ0n) is 20.0. The first-order valence-corrected chi connectivity index (χ1v) is 13.4. The van der Waals surface area contributed by atoms with E-state index in [9.17, 15) is 14.4 Å². The number of benzene rings is 3. The Morgan fingerprint density at radius 1 is 0.895 bits per heavy atom. The summed E-state index contributed by atoms with van der Waals surface area (Å²) in [5.41, 5.74) is 1.16. The van der Waals surface area contributed by atoms with Crippen LogP contribution in [0.3, 0.4) is 0 Å². The summed E-state index contributed by atoms with van der Waals surface area (Å²) in [7, 11) is 0. The van der Waals surface area contributed by atoms with E-state index in [2.05, 4.69) is 4.90 Å². The van der Waals surface area contributed by atoms with Gasteiger partial charge in [-0.25, -0.2) is 9.88 Å². The first-order chi connectivity index (χ1) is 18.4. The van der Waals surface area contributed by atoms with Gasteiger partial charge in [-0.05, 0) is 55.8 Å². The van der Waals surface area contributed by atoms with Gasteiger partial charge in [-0.2, -0.15) is 0 Å². The molecule has 3 aromatic carbocycles. The van der Waals surface area contributed by atoms with E-state index in [0.717, 1.165) is 18.4 Å². The second kappa shape index (κ2) is 7.53. The second-order valence-corrected chi connectivity index (χ2v) is 11.2. The molecule has 1 aromatic heterocycles. The Bertz CT molecular complexity index is 1800. The molecule has 3 fully saturated rings. The number of rotatable bonds is 1. The average molecular weight is 543 g/mol. The first kappa shape index (κ1) is 22.5. The molecule has 4 aromatic rings. The number of carbonyl (C=O) groups excluding carboxylic acids is 2. The summed E-state index contributed by atoms with van der Waals surface area (Å²) in [5.74, 6) is -1.48. The molecule has 4 aliphatic rings. The zero-order chi connectivity index (χ0) is 25.9. The van der Waals surface area contributed by atoms with Gasteiger partial charge in [-0.15, -0.1) is 0 Å². The molecule has 7 nitrogen and oxygen atoms in total. The SMILES string of the molecule is O=C1[C@H]2[C@@H](C(=O)N1c1cc(Cl)ccc1Cl)[C@@]1(c3ccccc3-n3c1nc1ccccc1c3=O)N1CCC[C@@H]21. The topological polar surface area (TPSA) is 75.5 Å². The van der Waals surface area contributed by atoms with Gasteiger partial charge in [0.1, 0.15) is 11.4 Å². The van der Waals surface area contributed by atoms with E-state index in [4.69, 9.17) is 28.2 Å². The van der Waals surface area contributed by atoms with E-state index in [1.165, 1.54) is 4.90 Å². The van der Waals surface area contributed by atoms with Crippen LogP contribution in [0.25, 0.3) is 16.6 Å². The van der Waals surface area contributed by atoms with Crippen LogP contribution in [-0.4, -0.2) is 38.9 Å². The molecule has 0 bridgehead atoms. The number of halogens is 2. The van der Waals surface area contributed by atoms with Crippen molar-refractivity contribution in [2.24, 2.45) is 11.8 Å². The minimum atomic E-state index is -1.06. The molecule has 4 aliphatic heterocycles. The highest BCUT2D eigenvalue weighted by Crippen LogP contribution is 2.62. The van der Waals surface area contributed by atoms with Crippen molar-refractivity contribution in [2.45, 2.75) is 24.4 Å². The van der Waals surface area contributed by atoms with Crippen LogP contribution in [-0.2, 0) is 15.1 Å². The fourth-order valence-corrected chi connectivity index (χ4v) is 7.88. The molecule has 0 N–H and O–H groups in total. The van der Waals surface area contributed by atoms with E-state index in [1.54, 1.807) is 28.8 Å². The molecule has 4 atom stereocenters. The smallest absolute Gasteiger partial charge is 0.266 e. The molecule has 38 heavy (non-hydrogen) atoms. The lowest BCUT2D eigenvalue weighted by atomic mass is 9.75. The molecule has 5 heterocycles. The van der Waals surface area contributed by atoms with Crippen molar-refractivity contribution >= 4 is 51.6 Å². The lowest BCUT2D eigenvalue weighted by molar-refractivity contribution is -0.124. The third-order valence-electron chi connectivity index (χ3n) is 8.79. The highest BCUT2D eigenvalue weighted by molar-refractivity contribution is 6.38. The predicted octanol–water partition coefficient (Wildman–Crippen LogP) is 4.53. The maximum atomic E-state index is 14.5. The van der Waals surface area contributed by atoms with Crippen LogP contribution in [0.1, 0.15) is 24.2 Å². The molecule has 2 amide bonds. The standard InChI is InChI=1S/C29H20Cl2N4O3/c30-15-11-12-18(31)22(14-15)34-26(37)23-21-10-5-13-33(21)29(24(23)27(34)38)17-7-2-4-9-20(17)35-25(36)16-6-1-3-8-19(16)32-28(29)35/h1-4,6-9,11-12,14,21,23-24H,5,10,13H2/t21-,23+,24-,29+/m0/s1. The fraction of sp³-hybridized carbons (Fsp3) is 0.241. The molecule has 3 saturated heterocycles. The molecule has 8 rings (SSSR count). The van der Waals surface area contributed by atoms with E-state index in [1.807, 2.05) is 42.5 Å². The molecule has 0 unspecified atom stereocenters. The molecule has 0 aliphatic carbocycles. The Morgan fingerprint density at radius 3 is 2.55 bits per heavy atom. The number of nitrogens with zero attached hydrogens (tertiary/aromatic N) is 4. The van der Waals surface area contributed by atoms with E-state index >= 15 is 0 Å². The minimum absolute atomic E-state index is 0.164. The number of hydrogen-bond acceptors (Lipinski definition) is 5. The third-order valence-corrected chi connectivity index (χ3v) is 9.34. The van der Waals surface area contributed by atoms with Crippen molar-refractivity contribution in [3.8, 4) is 5.69 Å². The summed E-state index contributed by atoms with van der Waals surface area (Å²) in [5, 5.41) is 1.17. The van der Waals surface area contributed by atoms with Gasteiger partial charge in [0.15, 0.2) is 0 Å². The van der Waals surface area contributed by atoms with E-state index in [0.29, 0.717) is 39.7 Å². The number of imide groups is 1. The van der Waals surface area contributed by atoms with Crippen molar-refractivity contribution in [1.82, 2.24) is 14.5 Å². The Hall–Kier alpha value is -3.52. The second-order valence-electron chi connectivity index (χ2n) is 10.4. The molecular weight excluding hydrogens is 523 g/mol. The molecule has 188 valence electrons. The van der Waals surface area contributed by atoms with Gasteiger partial charge in [-0.1, -0.05) is 53.5 Å². The Labute approximate surface area is 227 Å². The van der Waals surface area contributed by atoms with Crippen molar-refractivity contribution in [1.29, 1.82) is 0 Å². The largest absolute Gasteiger partial charge is 0.283 e. The normalized spacial score (nSPS) is 27.3. The molecular formula is C29H20Cl2N4O3. The van der Waals surface area contributed by atoms with Crippen molar-refractivity contribution < 1.29 is 9.59 Å². The van der Waals surface area contributed by atoms with Crippen LogP contribution < -0.4 is 10.5 Å². The summed E-state index contributed by atoms with van der Waals surface area (Å²) in [6.45, 7) is 0.702. The van der Waals surface area contributed by atoms with Gasteiger partial charge in [0.2, 0.25) is 11.8 Å². The van der Waals surface area contributed by atoms with Crippen molar-refractivity contribution in [3.63, 3.8) is 0 Å². The fourth-order valence-electron chi connectivity index (χ4n) is 7.51. The number of amides is 2. The zero-order valence-corrected chi connectivity index (χ0v) is 21.5. The number of para-hydroxylation sites is 2. The molecule has 9 heteroatoms. The minimum Gasteiger partial charge on any atom is -0.283 e. The number of hydrogen-bond donors (Lipinski definition) is 0. The average Bonchev–Trinajstić information content (AvgIpc) is 3.63. The van der Waals surface area contributed by atoms with Crippen LogP contribution >= 0.6 is 23.2 Å². The maximum Gasteiger partial charge on any atom is 0.266 e. The van der Waals surface area contributed by atoms with Crippen LogP contribution in [0.2, 0.25) is 10.0 Å². The van der Waals surface area contributed by atoms with Gasteiger partial charge >= 0.3 is 0 Å². The van der Waals surface area contributed by atoms with Crippen LogP contribution in [0.4, 0.5) is 5.69 Å². The van der Waals surface area contributed by atoms with Gasteiger partial charge in [0.25, 0.3) is 5.56 Å². The Balaban J connectivity index is 1.45. The van der Waals surface area contributed by atoms with E-state index in [-0.39, 0.29) is 28.4 Å². The number of anilines is 1. The lowest BCUT2D eigenvalue weighted by Crippen LogP contribution is -2.51. The third kappa shape index (κ3) is 2.50. The van der Waals surface area contributed by atoms with Gasteiger partial charge < -0.3 is 0 Å². The summed E-state index contributed by atoms with van der Waals surface area (Å²) < 4.78 is 1.65. The molecule has 1 spiro atoms. The monoisotopic (exact) mass is 542 g/mol. The number of aromatic nitrogens is 2. The van der Waals surface area contributed by atoms with E-state index < -0.39 is 17.4 Å². The van der Waals surface area contributed by atoms with Gasteiger partial charge in [0.05, 0.1) is 39.1 Å². The summed E-state index contributed by atoms with van der Waals surface area (Å²) >= 11 is 12.8. The summed E-state index contributed by atoms with van der Waals surface area (Å²) in [6, 6.07) is 19.6.